The first kappa shape index (κ1) is 7.98. The van der Waals surface area contributed by atoms with Crippen LogP contribution < -0.4 is 5.73 Å². The fourth-order valence-electron chi connectivity index (χ4n) is 1.08. The molecule has 1 saturated heterocycles. The highest BCUT2D eigenvalue weighted by molar-refractivity contribution is 4.61. The normalized spacial score (nSPS) is 26.7. The van der Waals surface area contributed by atoms with E-state index in [1.54, 1.807) is 0 Å². The molecule has 3 nitrogen and oxygen atoms in total. The molecular weight excluding hydrogens is 130 g/mol. The largest absolute Gasteiger partial charge is 0.379 e. The van der Waals surface area contributed by atoms with E-state index in [1.165, 1.54) is 0 Å². The summed E-state index contributed by atoms with van der Waals surface area (Å²) < 4.78 is 10.6. The van der Waals surface area contributed by atoms with Gasteiger partial charge in [-0.05, 0) is 12.8 Å². The topological polar surface area (TPSA) is 44.5 Å². The lowest BCUT2D eigenvalue weighted by atomic mass is 10.2. The molecule has 1 aliphatic heterocycles. The van der Waals surface area contributed by atoms with Gasteiger partial charge in [0.25, 0.3) is 0 Å². The zero-order valence-electron chi connectivity index (χ0n) is 6.21. The van der Waals surface area contributed by atoms with Gasteiger partial charge >= 0.3 is 0 Å². The minimum atomic E-state index is 0.303. The van der Waals surface area contributed by atoms with Crippen molar-refractivity contribution < 1.29 is 9.47 Å². The van der Waals surface area contributed by atoms with Gasteiger partial charge in [-0.2, -0.15) is 0 Å². The quantitative estimate of drug-likeness (QED) is 0.614. The molecule has 0 spiro atoms. The summed E-state index contributed by atoms with van der Waals surface area (Å²) in [5, 5.41) is 0. The predicted octanol–water partition coefficient (Wildman–Crippen LogP) is 0.141. The molecule has 60 valence electrons. The number of hydrogen-bond donors (Lipinski definition) is 1. The lowest BCUT2D eigenvalue weighted by Crippen LogP contribution is -2.27. The predicted molar refractivity (Wildman–Crippen MR) is 38.8 cm³/mol. The fraction of sp³-hybridized carbons (Fsp3) is 1.00. The molecule has 0 bridgehead atoms. The summed E-state index contributed by atoms with van der Waals surface area (Å²) in [5.41, 5.74) is 5.28. The molecule has 0 aromatic rings. The second kappa shape index (κ2) is 4.66. The zero-order chi connectivity index (χ0) is 7.23. The summed E-state index contributed by atoms with van der Waals surface area (Å²) in [4.78, 5) is 0. The Morgan fingerprint density at radius 1 is 1.60 bits per heavy atom. The number of ether oxygens (including phenoxy) is 2. The maximum absolute atomic E-state index is 5.38. The summed E-state index contributed by atoms with van der Waals surface area (Å²) in [6, 6.07) is 0. The van der Waals surface area contributed by atoms with Crippen LogP contribution >= 0.6 is 0 Å². The van der Waals surface area contributed by atoms with E-state index in [1.807, 2.05) is 0 Å². The third kappa shape index (κ3) is 2.64. The molecule has 0 amide bonds. The minimum Gasteiger partial charge on any atom is -0.379 e. The zero-order valence-corrected chi connectivity index (χ0v) is 6.21. The Balaban J connectivity index is 2.02. The molecule has 1 aliphatic rings. The molecule has 1 atom stereocenters. The van der Waals surface area contributed by atoms with Crippen LogP contribution in [0, 0.1) is 0 Å². The lowest BCUT2D eigenvalue weighted by molar-refractivity contribution is -0.0473. The third-order valence-corrected chi connectivity index (χ3v) is 1.59. The Labute approximate surface area is 61.5 Å². The Kier molecular flexibility index (Phi) is 3.72. The maximum Gasteiger partial charge on any atom is 0.0810 e. The van der Waals surface area contributed by atoms with E-state index in [9.17, 15) is 0 Å². The molecule has 2 N–H and O–H groups in total. The van der Waals surface area contributed by atoms with Gasteiger partial charge in [0.1, 0.15) is 0 Å². The van der Waals surface area contributed by atoms with Gasteiger partial charge in [0.2, 0.25) is 0 Å². The summed E-state index contributed by atoms with van der Waals surface area (Å²) >= 11 is 0. The first-order valence-corrected chi connectivity index (χ1v) is 3.83. The van der Waals surface area contributed by atoms with E-state index < -0.39 is 0 Å². The molecule has 1 fully saturated rings. The number of hydrogen-bond acceptors (Lipinski definition) is 3. The summed E-state index contributed by atoms with van der Waals surface area (Å²) in [6.45, 7) is 2.91. The molecule has 0 radical (unpaired) electrons. The monoisotopic (exact) mass is 145 g/mol. The van der Waals surface area contributed by atoms with Crippen LogP contribution in [0.1, 0.15) is 12.8 Å². The molecular formula is C7H15NO2. The first-order chi connectivity index (χ1) is 4.93. The van der Waals surface area contributed by atoms with Crippen molar-refractivity contribution in [2.75, 3.05) is 26.4 Å². The van der Waals surface area contributed by atoms with E-state index in [-0.39, 0.29) is 0 Å². The Hall–Kier alpha value is -0.120. The van der Waals surface area contributed by atoms with Gasteiger partial charge in [-0.15, -0.1) is 0 Å². The summed E-state index contributed by atoms with van der Waals surface area (Å²) in [7, 11) is 0. The third-order valence-electron chi connectivity index (χ3n) is 1.59. The SMILES string of the molecule is NCCOC1CCCOC1. The van der Waals surface area contributed by atoms with Crippen molar-refractivity contribution in [3.63, 3.8) is 0 Å². The maximum atomic E-state index is 5.38. The van der Waals surface area contributed by atoms with Crippen LogP contribution in [-0.2, 0) is 9.47 Å². The molecule has 1 unspecified atom stereocenters. The van der Waals surface area contributed by atoms with Gasteiger partial charge in [-0.3, -0.25) is 0 Å². The van der Waals surface area contributed by atoms with Crippen molar-refractivity contribution in [2.24, 2.45) is 5.73 Å². The molecule has 10 heavy (non-hydrogen) atoms. The highest BCUT2D eigenvalue weighted by Crippen LogP contribution is 2.08. The average molecular weight is 145 g/mol. The van der Waals surface area contributed by atoms with Gasteiger partial charge in [-0.25, -0.2) is 0 Å². The number of rotatable bonds is 3. The smallest absolute Gasteiger partial charge is 0.0810 e. The van der Waals surface area contributed by atoms with Gasteiger partial charge in [-0.1, -0.05) is 0 Å². The van der Waals surface area contributed by atoms with Gasteiger partial charge in [0.05, 0.1) is 19.3 Å². The van der Waals surface area contributed by atoms with Crippen LogP contribution in [0.4, 0.5) is 0 Å². The average Bonchev–Trinajstić information content (AvgIpc) is 2.03. The van der Waals surface area contributed by atoms with Crippen LogP contribution in [0.15, 0.2) is 0 Å². The highest BCUT2D eigenvalue weighted by Gasteiger charge is 2.12. The van der Waals surface area contributed by atoms with Crippen LogP contribution in [0.25, 0.3) is 0 Å². The molecule has 1 heterocycles. The van der Waals surface area contributed by atoms with Crippen LogP contribution in [0.5, 0.6) is 0 Å². The van der Waals surface area contributed by atoms with Crippen molar-refractivity contribution in [1.82, 2.24) is 0 Å². The van der Waals surface area contributed by atoms with Gasteiger partial charge in [0, 0.05) is 13.2 Å². The standard InChI is InChI=1S/C7H15NO2/c8-3-5-10-7-2-1-4-9-6-7/h7H,1-6,8H2. The minimum absolute atomic E-state index is 0.303. The first-order valence-electron chi connectivity index (χ1n) is 3.83. The molecule has 1 rings (SSSR count). The van der Waals surface area contributed by atoms with E-state index in [4.69, 9.17) is 15.2 Å². The highest BCUT2D eigenvalue weighted by atomic mass is 16.5. The van der Waals surface area contributed by atoms with E-state index in [2.05, 4.69) is 0 Å². The van der Waals surface area contributed by atoms with Gasteiger partial charge < -0.3 is 15.2 Å². The van der Waals surface area contributed by atoms with Crippen molar-refractivity contribution in [2.45, 2.75) is 18.9 Å². The van der Waals surface area contributed by atoms with E-state index >= 15 is 0 Å². The van der Waals surface area contributed by atoms with Crippen LogP contribution in [0.3, 0.4) is 0 Å². The Morgan fingerprint density at radius 3 is 3.10 bits per heavy atom. The molecule has 0 saturated carbocycles. The van der Waals surface area contributed by atoms with Crippen molar-refractivity contribution in [3.05, 3.63) is 0 Å². The Bertz CT molecular complexity index is 81.7. The fourth-order valence-corrected chi connectivity index (χ4v) is 1.08. The summed E-state index contributed by atoms with van der Waals surface area (Å²) in [5.74, 6) is 0. The van der Waals surface area contributed by atoms with Gasteiger partial charge in [0.15, 0.2) is 0 Å². The summed E-state index contributed by atoms with van der Waals surface area (Å²) in [6.07, 6.45) is 2.55. The molecule has 3 heteroatoms. The number of nitrogens with two attached hydrogens (primary N) is 1. The van der Waals surface area contributed by atoms with Crippen LogP contribution in [-0.4, -0.2) is 32.5 Å². The van der Waals surface area contributed by atoms with Crippen molar-refractivity contribution in [1.29, 1.82) is 0 Å². The second-order valence-electron chi connectivity index (χ2n) is 2.50. The lowest BCUT2D eigenvalue weighted by Gasteiger charge is -2.21. The van der Waals surface area contributed by atoms with Crippen molar-refractivity contribution in [3.8, 4) is 0 Å². The molecule has 0 aromatic heterocycles. The van der Waals surface area contributed by atoms with Crippen LogP contribution in [0.2, 0.25) is 0 Å². The van der Waals surface area contributed by atoms with Crippen molar-refractivity contribution >= 4 is 0 Å². The second-order valence-corrected chi connectivity index (χ2v) is 2.50. The van der Waals surface area contributed by atoms with E-state index in [0.29, 0.717) is 19.3 Å². The Morgan fingerprint density at radius 2 is 2.50 bits per heavy atom. The van der Waals surface area contributed by atoms with E-state index in [0.717, 1.165) is 26.1 Å². The molecule has 0 aromatic carbocycles. The molecule has 0 aliphatic carbocycles.